The Kier molecular flexibility index (Phi) is 6.85. The Hall–Kier alpha value is -2.08. The fraction of sp³-hybridized carbons (Fsp3) is 0.400. The average molecular weight is 327 g/mol. The number of carbonyl (C=O) groups excluding carboxylic acids is 2. The van der Waals surface area contributed by atoms with Crippen LogP contribution in [0.1, 0.15) is 38.3 Å². The topological polar surface area (TPSA) is 95.5 Å². The molecule has 0 radical (unpaired) electrons. The van der Waals surface area contributed by atoms with Gasteiger partial charge < -0.3 is 15.7 Å². The number of amides is 2. The summed E-state index contributed by atoms with van der Waals surface area (Å²) in [6.45, 7) is 3.02. The summed E-state index contributed by atoms with van der Waals surface area (Å²) in [6.07, 6.45) is 0.234. The maximum Gasteiger partial charge on any atom is 0.326 e. The first kappa shape index (κ1) is 18.0. The van der Waals surface area contributed by atoms with Gasteiger partial charge in [-0.15, -0.1) is 0 Å². The monoisotopic (exact) mass is 326 g/mol. The lowest BCUT2D eigenvalue weighted by atomic mass is 10.0. The van der Waals surface area contributed by atoms with Crippen LogP contribution >= 0.6 is 11.6 Å². The number of benzene rings is 1. The fourth-order valence-corrected chi connectivity index (χ4v) is 2.10. The number of carboxylic acid groups (broad SMARTS) is 1. The minimum absolute atomic E-state index is 0.0506. The maximum absolute atomic E-state index is 12.0. The van der Waals surface area contributed by atoms with Crippen molar-refractivity contribution in [2.75, 3.05) is 0 Å². The second kappa shape index (κ2) is 8.38. The molecule has 3 N–H and O–H groups in total. The minimum atomic E-state index is -1.08. The molecule has 0 fully saturated rings. The van der Waals surface area contributed by atoms with Gasteiger partial charge in [-0.2, -0.15) is 0 Å². The Morgan fingerprint density at radius 2 is 1.77 bits per heavy atom. The van der Waals surface area contributed by atoms with Crippen LogP contribution in [0.5, 0.6) is 0 Å². The van der Waals surface area contributed by atoms with Crippen LogP contribution in [-0.4, -0.2) is 28.9 Å². The van der Waals surface area contributed by atoms with Gasteiger partial charge >= 0.3 is 5.97 Å². The maximum atomic E-state index is 12.0. The summed E-state index contributed by atoms with van der Waals surface area (Å²) < 4.78 is 0. The summed E-state index contributed by atoms with van der Waals surface area (Å²) in [5.41, 5.74) is 0.720. The molecule has 2 unspecified atom stereocenters. The van der Waals surface area contributed by atoms with Gasteiger partial charge in [-0.25, -0.2) is 4.79 Å². The minimum Gasteiger partial charge on any atom is -0.480 e. The normalized spacial score (nSPS) is 13.0. The Morgan fingerprint density at radius 1 is 1.18 bits per heavy atom. The van der Waals surface area contributed by atoms with Crippen LogP contribution in [0.4, 0.5) is 0 Å². The molecule has 1 aromatic rings. The molecule has 7 heteroatoms. The predicted octanol–water partition coefficient (Wildman–Crippen LogP) is 1.89. The summed E-state index contributed by atoms with van der Waals surface area (Å²) in [7, 11) is 0. The molecule has 0 saturated heterocycles. The second-order valence-corrected chi connectivity index (χ2v) is 5.31. The Labute approximate surface area is 133 Å². The zero-order chi connectivity index (χ0) is 16.7. The molecular formula is C15H19ClN2O4. The van der Waals surface area contributed by atoms with Gasteiger partial charge in [0, 0.05) is 11.9 Å². The third-order valence-corrected chi connectivity index (χ3v) is 3.33. The number of rotatable bonds is 7. The van der Waals surface area contributed by atoms with Crippen molar-refractivity contribution < 1.29 is 19.5 Å². The summed E-state index contributed by atoms with van der Waals surface area (Å²) in [5.74, 6) is -1.81. The fourth-order valence-electron chi connectivity index (χ4n) is 1.97. The standard InChI is InChI=1S/C15H19ClN2O4/c1-3-12(15(21)22)18-14(20)8-13(17-9(2)19)10-4-6-11(16)7-5-10/h4-7,12-13H,3,8H2,1-2H3,(H,17,19)(H,18,20)(H,21,22). The average Bonchev–Trinajstić information content (AvgIpc) is 2.44. The third-order valence-electron chi connectivity index (χ3n) is 3.08. The Bertz CT molecular complexity index is 545. The molecule has 22 heavy (non-hydrogen) atoms. The van der Waals surface area contributed by atoms with Gasteiger partial charge in [-0.05, 0) is 24.1 Å². The van der Waals surface area contributed by atoms with Crippen LogP contribution in [0.2, 0.25) is 5.02 Å². The van der Waals surface area contributed by atoms with E-state index in [2.05, 4.69) is 10.6 Å². The van der Waals surface area contributed by atoms with Gasteiger partial charge in [0.25, 0.3) is 0 Å². The summed E-state index contributed by atoms with van der Waals surface area (Å²) in [6, 6.07) is 5.28. The van der Waals surface area contributed by atoms with Crippen molar-refractivity contribution in [3.8, 4) is 0 Å². The van der Waals surface area contributed by atoms with Gasteiger partial charge in [0.05, 0.1) is 12.5 Å². The molecule has 6 nitrogen and oxygen atoms in total. The van der Waals surface area contributed by atoms with E-state index in [1.165, 1.54) is 6.92 Å². The number of carboxylic acids is 1. The Balaban J connectivity index is 2.80. The molecule has 0 spiro atoms. The van der Waals surface area contributed by atoms with E-state index < -0.39 is 24.0 Å². The van der Waals surface area contributed by atoms with Gasteiger partial charge in [0.1, 0.15) is 6.04 Å². The number of hydrogen-bond acceptors (Lipinski definition) is 3. The number of nitrogens with one attached hydrogen (secondary N) is 2. The highest BCUT2D eigenvalue weighted by molar-refractivity contribution is 6.30. The highest BCUT2D eigenvalue weighted by Crippen LogP contribution is 2.19. The van der Waals surface area contributed by atoms with Crippen molar-refractivity contribution in [2.45, 2.75) is 38.8 Å². The number of hydrogen-bond donors (Lipinski definition) is 3. The lowest BCUT2D eigenvalue weighted by molar-refractivity contribution is -0.142. The number of carbonyl (C=O) groups is 3. The zero-order valence-electron chi connectivity index (χ0n) is 12.4. The predicted molar refractivity (Wildman–Crippen MR) is 82.5 cm³/mol. The summed E-state index contributed by atoms with van der Waals surface area (Å²) in [5, 5.41) is 14.6. The van der Waals surface area contributed by atoms with Crippen LogP contribution < -0.4 is 10.6 Å². The van der Waals surface area contributed by atoms with E-state index >= 15 is 0 Å². The quantitative estimate of drug-likeness (QED) is 0.713. The molecule has 0 heterocycles. The van der Waals surface area contributed by atoms with Gasteiger partial charge in [0.15, 0.2) is 0 Å². The number of halogens is 1. The first-order valence-electron chi connectivity index (χ1n) is 6.88. The van der Waals surface area contributed by atoms with E-state index in [1.54, 1.807) is 31.2 Å². The van der Waals surface area contributed by atoms with Gasteiger partial charge in [0.2, 0.25) is 11.8 Å². The van der Waals surface area contributed by atoms with Crippen LogP contribution in [0.25, 0.3) is 0 Å². The molecule has 0 aromatic heterocycles. The zero-order valence-corrected chi connectivity index (χ0v) is 13.2. The smallest absolute Gasteiger partial charge is 0.326 e. The molecule has 1 aromatic carbocycles. The largest absolute Gasteiger partial charge is 0.480 e. The highest BCUT2D eigenvalue weighted by atomic mass is 35.5. The lowest BCUT2D eigenvalue weighted by Crippen LogP contribution is -2.42. The summed E-state index contributed by atoms with van der Waals surface area (Å²) in [4.78, 5) is 34.2. The second-order valence-electron chi connectivity index (χ2n) is 4.88. The first-order valence-corrected chi connectivity index (χ1v) is 7.26. The Morgan fingerprint density at radius 3 is 2.23 bits per heavy atom. The van der Waals surface area contributed by atoms with Crippen molar-refractivity contribution in [3.63, 3.8) is 0 Å². The van der Waals surface area contributed by atoms with E-state index in [-0.39, 0.29) is 18.7 Å². The van der Waals surface area contributed by atoms with Crippen LogP contribution in [-0.2, 0) is 14.4 Å². The highest BCUT2D eigenvalue weighted by Gasteiger charge is 2.21. The SMILES string of the molecule is CCC(NC(=O)CC(NC(C)=O)c1ccc(Cl)cc1)C(=O)O. The van der Waals surface area contributed by atoms with E-state index in [0.29, 0.717) is 5.02 Å². The molecule has 2 atom stereocenters. The van der Waals surface area contributed by atoms with E-state index in [0.717, 1.165) is 5.56 Å². The van der Waals surface area contributed by atoms with Gasteiger partial charge in [-0.3, -0.25) is 9.59 Å². The molecule has 2 amide bonds. The van der Waals surface area contributed by atoms with E-state index in [4.69, 9.17) is 16.7 Å². The van der Waals surface area contributed by atoms with E-state index in [9.17, 15) is 14.4 Å². The number of aliphatic carboxylic acids is 1. The molecule has 0 saturated carbocycles. The molecule has 0 aliphatic heterocycles. The van der Waals surface area contributed by atoms with E-state index in [1.807, 2.05) is 0 Å². The van der Waals surface area contributed by atoms with Crippen molar-refractivity contribution in [3.05, 3.63) is 34.9 Å². The van der Waals surface area contributed by atoms with Gasteiger partial charge in [-0.1, -0.05) is 30.7 Å². The van der Waals surface area contributed by atoms with Crippen molar-refractivity contribution in [2.24, 2.45) is 0 Å². The van der Waals surface area contributed by atoms with Crippen LogP contribution in [0.3, 0.4) is 0 Å². The molecule has 0 aliphatic carbocycles. The lowest BCUT2D eigenvalue weighted by Gasteiger charge is -2.19. The molecule has 0 aliphatic rings. The molecule has 0 bridgehead atoms. The third kappa shape index (κ3) is 5.73. The first-order chi connectivity index (χ1) is 10.3. The summed E-state index contributed by atoms with van der Waals surface area (Å²) >= 11 is 5.82. The van der Waals surface area contributed by atoms with Crippen molar-refractivity contribution >= 4 is 29.4 Å². The van der Waals surface area contributed by atoms with Crippen LogP contribution in [0.15, 0.2) is 24.3 Å². The molecule has 120 valence electrons. The van der Waals surface area contributed by atoms with Crippen LogP contribution in [0, 0.1) is 0 Å². The van der Waals surface area contributed by atoms with Crippen molar-refractivity contribution in [1.82, 2.24) is 10.6 Å². The van der Waals surface area contributed by atoms with Crippen molar-refractivity contribution in [1.29, 1.82) is 0 Å². The molecular weight excluding hydrogens is 308 g/mol. The molecule has 1 rings (SSSR count).